The molecule has 0 spiro atoms. The van der Waals surface area contributed by atoms with Crippen LogP contribution in [0, 0.1) is 0 Å². The van der Waals surface area contributed by atoms with Crippen molar-refractivity contribution >= 4 is 6.03 Å². The highest BCUT2D eigenvalue weighted by molar-refractivity contribution is 5.74. The minimum absolute atomic E-state index is 0.109. The molecule has 3 fully saturated rings. The van der Waals surface area contributed by atoms with E-state index in [1.165, 1.54) is 43.5 Å². The highest BCUT2D eigenvalue weighted by Crippen LogP contribution is 2.29. The summed E-state index contributed by atoms with van der Waals surface area (Å²) in [6.07, 6.45) is 8.66. The Kier molecular flexibility index (Phi) is 6.61. The molecule has 2 amide bonds. The van der Waals surface area contributed by atoms with Gasteiger partial charge in [-0.3, -0.25) is 4.90 Å². The Bertz CT molecular complexity index is 794. The van der Waals surface area contributed by atoms with E-state index in [2.05, 4.69) is 23.1 Å². The lowest BCUT2D eigenvalue weighted by Crippen LogP contribution is -2.54. The Hall–Kier alpha value is -1.79. The first-order valence-electron chi connectivity index (χ1n) is 12.8. The fourth-order valence-corrected chi connectivity index (χ4v) is 5.80. The van der Waals surface area contributed by atoms with Crippen molar-refractivity contribution in [3.63, 3.8) is 0 Å². The fraction of sp³-hybridized carbons (Fsp3) is 0.731. The van der Waals surface area contributed by atoms with Crippen LogP contribution in [-0.2, 0) is 17.6 Å². The number of rotatable bonds is 3. The number of carbonyl (C=O) groups excluding carboxylic acids is 1. The van der Waals surface area contributed by atoms with E-state index in [4.69, 9.17) is 9.47 Å². The van der Waals surface area contributed by atoms with Crippen LogP contribution in [0.4, 0.5) is 4.79 Å². The molecular weight excluding hydrogens is 402 g/mol. The van der Waals surface area contributed by atoms with Crippen molar-refractivity contribution in [2.75, 3.05) is 39.3 Å². The molecule has 0 bridgehead atoms. The summed E-state index contributed by atoms with van der Waals surface area (Å²) >= 11 is 0. The Morgan fingerprint density at radius 3 is 2.25 bits per heavy atom. The first-order valence-corrected chi connectivity index (χ1v) is 12.8. The predicted molar refractivity (Wildman–Crippen MR) is 125 cm³/mol. The van der Waals surface area contributed by atoms with Crippen LogP contribution in [0.5, 0.6) is 5.75 Å². The summed E-state index contributed by atoms with van der Waals surface area (Å²) in [7, 11) is 0. The molecule has 6 nitrogen and oxygen atoms in total. The number of urea groups is 1. The van der Waals surface area contributed by atoms with Gasteiger partial charge in [-0.15, -0.1) is 0 Å². The molecular formula is C26H39N3O3. The van der Waals surface area contributed by atoms with Gasteiger partial charge in [0.2, 0.25) is 0 Å². The Balaban J connectivity index is 1.12. The first-order chi connectivity index (χ1) is 15.5. The molecule has 2 saturated heterocycles. The number of ether oxygens (including phenoxy) is 2. The van der Waals surface area contributed by atoms with E-state index in [0.29, 0.717) is 13.1 Å². The monoisotopic (exact) mass is 441 g/mol. The minimum atomic E-state index is 0.109. The number of piperidine rings is 1. The van der Waals surface area contributed by atoms with E-state index in [1.807, 2.05) is 23.6 Å². The Morgan fingerprint density at radius 1 is 0.906 bits per heavy atom. The lowest BCUT2D eigenvalue weighted by Gasteiger charge is -2.40. The van der Waals surface area contributed by atoms with Crippen molar-refractivity contribution in [1.29, 1.82) is 0 Å². The van der Waals surface area contributed by atoms with Crippen molar-refractivity contribution in [2.24, 2.45) is 0 Å². The van der Waals surface area contributed by atoms with Crippen molar-refractivity contribution in [3.05, 3.63) is 29.3 Å². The second-order valence-electron chi connectivity index (χ2n) is 10.3. The summed E-state index contributed by atoms with van der Waals surface area (Å²) in [5, 5.41) is 0. The molecule has 1 aliphatic carbocycles. The summed E-state index contributed by atoms with van der Waals surface area (Å²) in [5.41, 5.74) is 2.96. The molecule has 0 radical (unpaired) electrons. The van der Waals surface area contributed by atoms with Crippen molar-refractivity contribution in [3.8, 4) is 5.75 Å². The van der Waals surface area contributed by atoms with Gasteiger partial charge in [-0.1, -0.05) is 12.5 Å². The van der Waals surface area contributed by atoms with E-state index in [1.54, 1.807) is 0 Å². The Labute approximate surface area is 192 Å². The number of fused-ring (bicyclic) bond motifs is 1. The molecule has 1 aromatic rings. The van der Waals surface area contributed by atoms with Gasteiger partial charge in [0.25, 0.3) is 0 Å². The van der Waals surface area contributed by atoms with Crippen LogP contribution < -0.4 is 4.74 Å². The fourth-order valence-electron chi connectivity index (χ4n) is 5.80. The zero-order chi connectivity index (χ0) is 22.1. The van der Waals surface area contributed by atoms with Gasteiger partial charge in [0.15, 0.2) is 0 Å². The van der Waals surface area contributed by atoms with E-state index >= 15 is 0 Å². The quantitative estimate of drug-likeness (QED) is 0.717. The van der Waals surface area contributed by atoms with Crippen LogP contribution in [0.2, 0.25) is 0 Å². The number of nitrogens with zero attached hydrogens (tertiary/aromatic N) is 3. The molecule has 0 N–H and O–H groups in total. The summed E-state index contributed by atoms with van der Waals surface area (Å²) in [6, 6.07) is 7.72. The number of benzene rings is 1. The average molecular weight is 442 g/mol. The molecule has 176 valence electrons. The second-order valence-corrected chi connectivity index (χ2v) is 10.3. The number of hydrogen-bond acceptors (Lipinski definition) is 4. The van der Waals surface area contributed by atoms with Crippen molar-refractivity contribution < 1.29 is 14.3 Å². The third-order valence-electron chi connectivity index (χ3n) is 7.81. The van der Waals surface area contributed by atoms with Gasteiger partial charge in [0.1, 0.15) is 11.9 Å². The summed E-state index contributed by atoms with van der Waals surface area (Å²) in [6.45, 7) is 9.38. The van der Waals surface area contributed by atoms with Crippen LogP contribution in [-0.4, -0.2) is 84.4 Å². The normalized spacial score (nSPS) is 28.1. The lowest BCUT2D eigenvalue weighted by molar-refractivity contribution is -0.0593. The van der Waals surface area contributed by atoms with E-state index in [9.17, 15) is 4.79 Å². The van der Waals surface area contributed by atoms with E-state index in [-0.39, 0.29) is 24.3 Å². The molecule has 0 unspecified atom stereocenters. The molecule has 0 aromatic heterocycles. The second kappa shape index (κ2) is 9.60. The zero-order valence-electron chi connectivity index (χ0n) is 19.8. The molecule has 5 rings (SSSR count). The van der Waals surface area contributed by atoms with Crippen LogP contribution in [0.15, 0.2) is 18.2 Å². The van der Waals surface area contributed by atoms with Gasteiger partial charge in [-0.25, -0.2) is 4.79 Å². The summed E-state index contributed by atoms with van der Waals surface area (Å²) in [5.74, 6) is 1.00. The van der Waals surface area contributed by atoms with Gasteiger partial charge >= 0.3 is 6.03 Å². The molecule has 32 heavy (non-hydrogen) atoms. The maximum Gasteiger partial charge on any atom is 0.320 e. The standard InChI is InChI=1S/C26H39N3O3/c1-19-17-29(18-20(2)31-19)26(30)28-14-10-24(11-15-28)32-25-7-6-21-8-12-27(23-4-3-5-23)13-9-22(21)16-25/h6-7,16,19-20,23-24H,3-5,8-15,17-18H2,1-2H3/t19-,20+. The zero-order valence-corrected chi connectivity index (χ0v) is 19.8. The van der Waals surface area contributed by atoms with E-state index in [0.717, 1.165) is 50.6 Å². The maximum absolute atomic E-state index is 13.0. The number of carbonyl (C=O) groups is 1. The third-order valence-corrected chi connectivity index (χ3v) is 7.81. The number of amides is 2. The molecule has 3 aliphatic heterocycles. The molecule has 1 saturated carbocycles. The highest BCUT2D eigenvalue weighted by Gasteiger charge is 2.32. The van der Waals surface area contributed by atoms with Crippen LogP contribution >= 0.6 is 0 Å². The van der Waals surface area contributed by atoms with Crippen molar-refractivity contribution in [1.82, 2.24) is 14.7 Å². The molecule has 3 heterocycles. The van der Waals surface area contributed by atoms with Gasteiger partial charge in [-0.05, 0) is 62.8 Å². The summed E-state index contributed by atoms with van der Waals surface area (Å²) < 4.78 is 12.2. The maximum atomic E-state index is 13.0. The van der Waals surface area contributed by atoms with Crippen LogP contribution in [0.25, 0.3) is 0 Å². The van der Waals surface area contributed by atoms with Gasteiger partial charge in [-0.2, -0.15) is 0 Å². The van der Waals surface area contributed by atoms with E-state index < -0.39 is 0 Å². The van der Waals surface area contributed by atoms with Crippen LogP contribution in [0.1, 0.15) is 57.1 Å². The molecule has 4 aliphatic rings. The highest BCUT2D eigenvalue weighted by atomic mass is 16.5. The number of morpholine rings is 1. The average Bonchev–Trinajstić information content (AvgIpc) is 2.94. The van der Waals surface area contributed by atoms with Gasteiger partial charge in [0, 0.05) is 58.2 Å². The van der Waals surface area contributed by atoms with Crippen LogP contribution in [0.3, 0.4) is 0 Å². The summed E-state index contributed by atoms with van der Waals surface area (Å²) in [4.78, 5) is 19.6. The van der Waals surface area contributed by atoms with Gasteiger partial charge < -0.3 is 19.3 Å². The molecule has 2 atom stereocenters. The minimum Gasteiger partial charge on any atom is -0.490 e. The smallest absolute Gasteiger partial charge is 0.320 e. The number of likely N-dealkylation sites (tertiary alicyclic amines) is 1. The largest absolute Gasteiger partial charge is 0.490 e. The Morgan fingerprint density at radius 2 is 1.59 bits per heavy atom. The topological polar surface area (TPSA) is 45.2 Å². The van der Waals surface area contributed by atoms with Gasteiger partial charge in [0.05, 0.1) is 12.2 Å². The third kappa shape index (κ3) is 4.91. The predicted octanol–water partition coefficient (Wildman–Crippen LogP) is 3.71. The van der Waals surface area contributed by atoms with Crippen molar-refractivity contribution in [2.45, 2.75) is 83.1 Å². The SMILES string of the molecule is C[C@@H]1CN(C(=O)N2CCC(Oc3ccc4c(c3)CCN(C3CCC3)CC4)CC2)C[C@H](C)O1. The first kappa shape index (κ1) is 22.0. The lowest BCUT2D eigenvalue weighted by atomic mass is 9.91. The molecule has 1 aromatic carbocycles. The molecule has 6 heteroatoms. The number of hydrogen-bond donors (Lipinski definition) is 0.